The zero-order chi connectivity index (χ0) is 30.2. The molecule has 3 aromatic heterocycles. The fraction of sp³-hybridized carbons (Fsp3) is 0. The first-order valence-corrected chi connectivity index (χ1v) is 15.6. The first kappa shape index (κ1) is 25.1. The van der Waals surface area contributed by atoms with Gasteiger partial charge in [0.05, 0.1) is 27.6 Å². The minimum absolute atomic E-state index is 0.676. The average molecular weight is 587 g/mol. The van der Waals surface area contributed by atoms with Crippen LogP contribution in [0.15, 0.2) is 158 Å². The molecule has 0 unspecified atom stereocenters. The molecular formula is C42H26N4. The molecule has 0 aliphatic heterocycles. The summed E-state index contributed by atoms with van der Waals surface area (Å²) in [5, 5.41) is 8.38. The van der Waals surface area contributed by atoms with E-state index in [1.165, 1.54) is 54.5 Å². The van der Waals surface area contributed by atoms with Crippen LogP contribution in [-0.2, 0) is 0 Å². The van der Waals surface area contributed by atoms with Crippen molar-refractivity contribution in [2.24, 2.45) is 0 Å². The lowest BCUT2D eigenvalue weighted by atomic mass is 9.99. The van der Waals surface area contributed by atoms with Gasteiger partial charge in [0.25, 0.3) is 0 Å². The molecule has 0 saturated heterocycles. The molecule has 0 aliphatic carbocycles. The number of rotatable bonds is 3. The van der Waals surface area contributed by atoms with Gasteiger partial charge in [-0.1, -0.05) is 103 Å². The zero-order valence-corrected chi connectivity index (χ0v) is 24.8. The average Bonchev–Trinajstić information content (AvgIpc) is 3.64. The lowest BCUT2D eigenvalue weighted by molar-refractivity contribution is 1.01. The highest BCUT2D eigenvalue weighted by Gasteiger charge is 2.18. The minimum atomic E-state index is 0.676. The molecule has 46 heavy (non-hydrogen) atoms. The molecule has 0 fully saturated rings. The van der Waals surface area contributed by atoms with Crippen molar-refractivity contribution in [3.8, 4) is 22.8 Å². The third-order valence-electron chi connectivity index (χ3n) is 9.35. The molecule has 4 heteroatoms. The molecular weight excluding hydrogens is 560 g/mol. The summed E-state index contributed by atoms with van der Waals surface area (Å²) in [7, 11) is 0. The summed E-state index contributed by atoms with van der Waals surface area (Å²) in [6.45, 7) is 0. The molecule has 0 bridgehead atoms. The van der Waals surface area contributed by atoms with Crippen molar-refractivity contribution in [2.75, 3.05) is 0 Å². The van der Waals surface area contributed by atoms with Gasteiger partial charge in [-0.3, -0.25) is 4.57 Å². The van der Waals surface area contributed by atoms with E-state index in [0.29, 0.717) is 5.95 Å². The van der Waals surface area contributed by atoms with Crippen LogP contribution in [0.5, 0.6) is 0 Å². The summed E-state index contributed by atoms with van der Waals surface area (Å²) in [6.07, 6.45) is 1.92. The molecule has 4 nitrogen and oxygen atoms in total. The second-order valence-corrected chi connectivity index (χ2v) is 11.9. The smallest absolute Gasteiger partial charge is 0.235 e. The van der Waals surface area contributed by atoms with Crippen LogP contribution in [0, 0.1) is 0 Å². The van der Waals surface area contributed by atoms with Gasteiger partial charge in [-0.05, 0) is 70.4 Å². The maximum Gasteiger partial charge on any atom is 0.235 e. The zero-order valence-electron chi connectivity index (χ0n) is 24.8. The molecule has 0 saturated carbocycles. The Morgan fingerprint density at radius 1 is 0.413 bits per heavy atom. The fourth-order valence-corrected chi connectivity index (χ4v) is 7.26. The van der Waals surface area contributed by atoms with Crippen LogP contribution in [-0.4, -0.2) is 19.1 Å². The predicted octanol–water partition coefficient (Wildman–Crippen LogP) is 10.6. The molecule has 0 atom stereocenters. The SMILES string of the molecule is c1ccc(-n2c3ccccc3c3ccc(-c4ccc5c(c4)c4c6ccccc6ccc4n5-c4ncc5ccccc5n4)cc32)cc1. The van der Waals surface area contributed by atoms with Crippen molar-refractivity contribution in [1.29, 1.82) is 0 Å². The van der Waals surface area contributed by atoms with Crippen LogP contribution in [0.1, 0.15) is 0 Å². The van der Waals surface area contributed by atoms with Crippen LogP contribution in [0.3, 0.4) is 0 Å². The van der Waals surface area contributed by atoms with Crippen LogP contribution < -0.4 is 0 Å². The summed E-state index contributed by atoms with van der Waals surface area (Å²) in [5.74, 6) is 0.676. The Morgan fingerprint density at radius 2 is 1.09 bits per heavy atom. The Hall–Kier alpha value is -6.26. The van der Waals surface area contributed by atoms with Gasteiger partial charge in [-0.25, -0.2) is 9.97 Å². The van der Waals surface area contributed by atoms with Crippen LogP contribution in [0.2, 0.25) is 0 Å². The Balaban J connectivity index is 1.25. The predicted molar refractivity (Wildman–Crippen MR) is 191 cm³/mol. The highest BCUT2D eigenvalue weighted by atomic mass is 15.2. The third kappa shape index (κ3) is 3.61. The molecule has 7 aromatic carbocycles. The van der Waals surface area contributed by atoms with E-state index in [4.69, 9.17) is 9.97 Å². The van der Waals surface area contributed by atoms with Gasteiger partial charge in [0.1, 0.15) is 0 Å². The summed E-state index contributed by atoms with van der Waals surface area (Å²) >= 11 is 0. The van der Waals surface area contributed by atoms with Gasteiger partial charge in [0.2, 0.25) is 5.95 Å². The molecule has 214 valence electrons. The third-order valence-corrected chi connectivity index (χ3v) is 9.35. The molecule has 0 amide bonds. The second kappa shape index (κ2) is 9.62. The van der Waals surface area contributed by atoms with Gasteiger partial charge in [-0.2, -0.15) is 0 Å². The van der Waals surface area contributed by atoms with Gasteiger partial charge in [0, 0.05) is 38.8 Å². The molecule has 10 rings (SSSR count). The Kier molecular flexibility index (Phi) is 5.25. The van der Waals surface area contributed by atoms with E-state index in [0.717, 1.165) is 27.6 Å². The maximum absolute atomic E-state index is 5.02. The van der Waals surface area contributed by atoms with E-state index in [-0.39, 0.29) is 0 Å². The highest BCUT2D eigenvalue weighted by Crippen LogP contribution is 2.40. The summed E-state index contributed by atoms with van der Waals surface area (Å²) < 4.78 is 4.59. The van der Waals surface area contributed by atoms with Crippen LogP contribution in [0.25, 0.3) is 88.0 Å². The molecule has 10 aromatic rings. The molecule has 3 heterocycles. The number of hydrogen-bond acceptors (Lipinski definition) is 2. The summed E-state index contributed by atoms with van der Waals surface area (Å²) in [4.78, 5) is 9.87. The van der Waals surface area contributed by atoms with Crippen molar-refractivity contribution in [2.45, 2.75) is 0 Å². The Bertz CT molecular complexity index is 2810. The van der Waals surface area contributed by atoms with E-state index < -0.39 is 0 Å². The van der Waals surface area contributed by atoms with E-state index in [1.54, 1.807) is 0 Å². The van der Waals surface area contributed by atoms with E-state index in [2.05, 4.69) is 143 Å². The van der Waals surface area contributed by atoms with Crippen molar-refractivity contribution in [1.82, 2.24) is 19.1 Å². The first-order chi connectivity index (χ1) is 22.8. The Labute approximate surface area is 264 Å². The number of benzene rings is 7. The topological polar surface area (TPSA) is 35.6 Å². The summed E-state index contributed by atoms with van der Waals surface area (Å²) in [5.41, 5.74) is 9.03. The van der Waals surface area contributed by atoms with Crippen molar-refractivity contribution < 1.29 is 0 Å². The van der Waals surface area contributed by atoms with E-state index >= 15 is 0 Å². The van der Waals surface area contributed by atoms with Gasteiger partial charge in [-0.15, -0.1) is 0 Å². The van der Waals surface area contributed by atoms with Crippen molar-refractivity contribution in [3.63, 3.8) is 0 Å². The van der Waals surface area contributed by atoms with Crippen LogP contribution >= 0.6 is 0 Å². The molecule has 0 N–H and O–H groups in total. The number of hydrogen-bond donors (Lipinski definition) is 0. The molecule has 0 radical (unpaired) electrons. The van der Waals surface area contributed by atoms with E-state index in [9.17, 15) is 0 Å². The second-order valence-electron chi connectivity index (χ2n) is 11.9. The first-order valence-electron chi connectivity index (χ1n) is 15.6. The standard InChI is InChI=1S/C42H26N4/c1-2-12-31(13-3-1)45-37-17-9-7-15-33(37)34-21-18-29(25-40(34)45)28-20-22-38-35(24-28)41-32-14-6-4-10-27(32)19-23-39(41)46(38)42-43-26-30-11-5-8-16-36(30)44-42/h1-26H. The lowest BCUT2D eigenvalue weighted by Crippen LogP contribution is -2.00. The largest absolute Gasteiger partial charge is 0.309 e. The number of fused-ring (bicyclic) bond motifs is 9. The number of aromatic nitrogens is 4. The van der Waals surface area contributed by atoms with Crippen molar-refractivity contribution >= 4 is 65.3 Å². The fourth-order valence-electron chi connectivity index (χ4n) is 7.26. The van der Waals surface area contributed by atoms with Gasteiger partial charge < -0.3 is 4.57 Å². The lowest BCUT2D eigenvalue weighted by Gasteiger charge is -2.09. The van der Waals surface area contributed by atoms with Crippen molar-refractivity contribution in [3.05, 3.63) is 158 Å². The highest BCUT2D eigenvalue weighted by molar-refractivity contribution is 6.22. The normalized spacial score (nSPS) is 11.9. The van der Waals surface area contributed by atoms with Gasteiger partial charge in [0.15, 0.2) is 0 Å². The molecule has 0 spiro atoms. The van der Waals surface area contributed by atoms with Gasteiger partial charge >= 0.3 is 0 Å². The Morgan fingerprint density at radius 3 is 2.00 bits per heavy atom. The minimum Gasteiger partial charge on any atom is -0.309 e. The van der Waals surface area contributed by atoms with Crippen LogP contribution in [0.4, 0.5) is 0 Å². The van der Waals surface area contributed by atoms with E-state index in [1.807, 2.05) is 24.4 Å². The quantitative estimate of drug-likeness (QED) is 0.206. The monoisotopic (exact) mass is 586 g/mol. The number of nitrogens with zero attached hydrogens (tertiary/aromatic N) is 4. The summed E-state index contributed by atoms with van der Waals surface area (Å²) in [6, 6.07) is 54.2. The molecule has 0 aliphatic rings. The maximum atomic E-state index is 5.02. The number of para-hydroxylation sites is 3.